The topological polar surface area (TPSA) is 76.1 Å². The number of benzene rings is 1. The Morgan fingerprint density at radius 1 is 1.22 bits per heavy atom. The first-order valence-corrected chi connectivity index (χ1v) is 9.35. The van der Waals surface area contributed by atoms with Crippen LogP contribution >= 0.6 is 0 Å². The summed E-state index contributed by atoms with van der Waals surface area (Å²) in [6.45, 7) is 5.95. The Labute approximate surface area is 158 Å². The highest BCUT2D eigenvalue weighted by Crippen LogP contribution is 2.45. The van der Waals surface area contributed by atoms with Gasteiger partial charge in [0.05, 0.1) is 12.1 Å². The molecule has 0 bridgehead atoms. The number of carboxylic acid groups (broad SMARTS) is 1. The summed E-state index contributed by atoms with van der Waals surface area (Å²) in [6, 6.07) is 2.78. The fraction of sp³-hybridized carbons (Fsp3) is 0.600. The molecule has 1 aromatic carbocycles. The fourth-order valence-corrected chi connectivity index (χ4v) is 3.26. The van der Waals surface area contributed by atoms with Gasteiger partial charge in [-0.1, -0.05) is 0 Å². The second-order valence-corrected chi connectivity index (χ2v) is 8.26. The minimum Gasteiger partial charge on any atom is -0.488 e. The lowest BCUT2D eigenvalue weighted by Crippen LogP contribution is -2.43. The van der Waals surface area contributed by atoms with Gasteiger partial charge in [0.2, 0.25) is 0 Å². The van der Waals surface area contributed by atoms with E-state index in [1.807, 2.05) is 0 Å². The molecular weight excluding hydrogens is 353 g/mol. The summed E-state index contributed by atoms with van der Waals surface area (Å²) >= 11 is 0. The quantitative estimate of drug-likeness (QED) is 0.794. The van der Waals surface area contributed by atoms with Crippen LogP contribution in [0, 0.1) is 5.82 Å². The van der Waals surface area contributed by atoms with Crippen molar-refractivity contribution in [1.29, 1.82) is 0 Å². The Morgan fingerprint density at radius 3 is 2.52 bits per heavy atom. The number of hydrogen-bond donors (Lipinski definition) is 1. The van der Waals surface area contributed by atoms with Crippen LogP contribution < -0.4 is 4.74 Å². The van der Waals surface area contributed by atoms with Crippen LogP contribution in [0.3, 0.4) is 0 Å². The van der Waals surface area contributed by atoms with E-state index in [9.17, 15) is 14.0 Å². The van der Waals surface area contributed by atoms with Crippen molar-refractivity contribution in [3.8, 4) is 5.75 Å². The maximum Gasteiger partial charge on any atom is 0.407 e. The van der Waals surface area contributed by atoms with Gasteiger partial charge in [-0.2, -0.15) is 0 Å². The van der Waals surface area contributed by atoms with E-state index in [1.165, 1.54) is 17.0 Å². The molecule has 1 heterocycles. The number of esters is 1. The van der Waals surface area contributed by atoms with Crippen LogP contribution in [-0.4, -0.2) is 46.9 Å². The molecule has 1 saturated carbocycles. The standard InChI is InChI=1S/C20H26FNO5/c1-20(2,3)27-18(23)15-9-14(12-6-7-12)17(10-16(15)21)26-13-5-4-8-22(11-13)19(24)25/h9-10,12-13H,4-8,11H2,1-3H3,(H,24,25). The highest BCUT2D eigenvalue weighted by molar-refractivity contribution is 5.90. The average Bonchev–Trinajstić information content (AvgIpc) is 3.38. The zero-order chi connectivity index (χ0) is 19.8. The third kappa shape index (κ3) is 4.90. The smallest absolute Gasteiger partial charge is 0.407 e. The van der Waals surface area contributed by atoms with Crippen molar-refractivity contribution in [2.75, 3.05) is 13.1 Å². The predicted octanol–water partition coefficient (Wildman–Crippen LogP) is 4.18. The number of halogens is 1. The van der Waals surface area contributed by atoms with Crippen molar-refractivity contribution in [2.45, 2.75) is 64.1 Å². The molecule has 2 fully saturated rings. The van der Waals surface area contributed by atoms with E-state index in [4.69, 9.17) is 14.6 Å². The molecule has 0 spiro atoms. The number of piperidine rings is 1. The Kier molecular flexibility index (Phi) is 5.31. The van der Waals surface area contributed by atoms with Gasteiger partial charge in [0, 0.05) is 12.6 Å². The molecule has 1 N–H and O–H groups in total. The van der Waals surface area contributed by atoms with Gasteiger partial charge >= 0.3 is 12.1 Å². The lowest BCUT2D eigenvalue weighted by Gasteiger charge is -2.31. The third-order valence-corrected chi connectivity index (χ3v) is 4.68. The van der Waals surface area contributed by atoms with Crippen LogP contribution in [0.15, 0.2) is 12.1 Å². The first kappa shape index (κ1) is 19.5. The number of nitrogens with zero attached hydrogens (tertiary/aromatic N) is 1. The molecule has 2 aliphatic rings. The van der Waals surface area contributed by atoms with Crippen LogP contribution in [-0.2, 0) is 4.74 Å². The molecule has 0 radical (unpaired) electrons. The number of amides is 1. The average molecular weight is 379 g/mol. The van der Waals surface area contributed by atoms with Crippen LogP contribution in [0.5, 0.6) is 5.75 Å². The van der Waals surface area contributed by atoms with E-state index < -0.39 is 23.5 Å². The summed E-state index contributed by atoms with van der Waals surface area (Å²) in [5.41, 5.74) is 0.000533. The third-order valence-electron chi connectivity index (χ3n) is 4.68. The number of rotatable bonds is 4. The van der Waals surface area contributed by atoms with Gasteiger partial charge in [-0.05, 0) is 64.0 Å². The fourth-order valence-electron chi connectivity index (χ4n) is 3.26. The van der Waals surface area contributed by atoms with E-state index in [0.29, 0.717) is 25.1 Å². The minimum absolute atomic E-state index is 0.0880. The van der Waals surface area contributed by atoms with Crippen molar-refractivity contribution in [3.05, 3.63) is 29.1 Å². The Balaban J connectivity index is 1.82. The summed E-state index contributed by atoms with van der Waals surface area (Å²) in [5.74, 6) is -0.738. The van der Waals surface area contributed by atoms with Crippen LogP contribution in [0.25, 0.3) is 0 Å². The molecule has 6 nitrogen and oxygen atoms in total. The molecule has 148 valence electrons. The maximum absolute atomic E-state index is 14.6. The van der Waals surface area contributed by atoms with Gasteiger partial charge in [0.15, 0.2) is 0 Å². The summed E-state index contributed by atoms with van der Waals surface area (Å²) in [7, 11) is 0. The number of ether oxygens (including phenoxy) is 2. The SMILES string of the molecule is CC(C)(C)OC(=O)c1cc(C2CC2)c(OC2CCCN(C(=O)O)C2)cc1F. The van der Waals surface area contributed by atoms with Gasteiger partial charge in [-0.15, -0.1) is 0 Å². The molecular formula is C20H26FNO5. The molecule has 1 aliphatic carbocycles. The van der Waals surface area contributed by atoms with E-state index in [0.717, 1.165) is 18.4 Å². The van der Waals surface area contributed by atoms with Gasteiger partial charge < -0.3 is 19.5 Å². The molecule has 0 aromatic heterocycles. The highest BCUT2D eigenvalue weighted by atomic mass is 19.1. The lowest BCUT2D eigenvalue weighted by atomic mass is 10.0. The maximum atomic E-state index is 14.6. The van der Waals surface area contributed by atoms with E-state index >= 15 is 0 Å². The second kappa shape index (κ2) is 7.37. The van der Waals surface area contributed by atoms with Crippen molar-refractivity contribution >= 4 is 12.1 Å². The van der Waals surface area contributed by atoms with Crippen molar-refractivity contribution < 1.29 is 28.6 Å². The number of carbonyl (C=O) groups excluding carboxylic acids is 1. The van der Waals surface area contributed by atoms with Gasteiger partial charge in [-0.3, -0.25) is 0 Å². The summed E-state index contributed by atoms with van der Waals surface area (Å²) in [5, 5.41) is 9.17. The molecule has 1 unspecified atom stereocenters. The summed E-state index contributed by atoms with van der Waals surface area (Å²) in [4.78, 5) is 24.8. The Bertz CT molecular complexity index is 739. The van der Waals surface area contributed by atoms with E-state index in [2.05, 4.69) is 0 Å². The number of hydrogen-bond acceptors (Lipinski definition) is 4. The zero-order valence-corrected chi connectivity index (χ0v) is 16.0. The molecule has 7 heteroatoms. The molecule has 1 atom stereocenters. The van der Waals surface area contributed by atoms with Crippen LogP contribution in [0.2, 0.25) is 0 Å². The van der Waals surface area contributed by atoms with Gasteiger partial charge in [-0.25, -0.2) is 14.0 Å². The monoisotopic (exact) mass is 379 g/mol. The number of carbonyl (C=O) groups is 2. The Morgan fingerprint density at radius 2 is 1.93 bits per heavy atom. The van der Waals surface area contributed by atoms with Crippen molar-refractivity contribution in [3.63, 3.8) is 0 Å². The molecule has 1 saturated heterocycles. The Hall–Kier alpha value is -2.31. The van der Waals surface area contributed by atoms with E-state index in [-0.39, 0.29) is 24.1 Å². The van der Waals surface area contributed by atoms with Crippen molar-refractivity contribution in [2.24, 2.45) is 0 Å². The second-order valence-electron chi connectivity index (χ2n) is 8.26. The normalized spacial score (nSPS) is 20.3. The predicted molar refractivity (Wildman–Crippen MR) is 96.8 cm³/mol. The molecule has 27 heavy (non-hydrogen) atoms. The number of likely N-dealkylation sites (tertiary alicyclic amines) is 1. The van der Waals surface area contributed by atoms with E-state index in [1.54, 1.807) is 20.8 Å². The molecule has 1 amide bonds. The van der Waals surface area contributed by atoms with Crippen LogP contribution in [0.1, 0.15) is 68.3 Å². The van der Waals surface area contributed by atoms with Crippen LogP contribution in [0.4, 0.5) is 9.18 Å². The highest BCUT2D eigenvalue weighted by Gasteiger charge is 2.32. The van der Waals surface area contributed by atoms with Gasteiger partial charge in [0.1, 0.15) is 23.3 Å². The lowest BCUT2D eigenvalue weighted by molar-refractivity contribution is 0.00642. The largest absolute Gasteiger partial charge is 0.488 e. The minimum atomic E-state index is -0.975. The molecule has 3 rings (SSSR count). The summed E-state index contributed by atoms with van der Waals surface area (Å²) in [6.07, 6.45) is 2.04. The summed E-state index contributed by atoms with van der Waals surface area (Å²) < 4.78 is 25.9. The molecule has 1 aromatic rings. The zero-order valence-electron chi connectivity index (χ0n) is 16.0. The first-order valence-electron chi connectivity index (χ1n) is 9.35. The first-order chi connectivity index (χ1) is 12.6. The molecule has 1 aliphatic heterocycles. The van der Waals surface area contributed by atoms with Crippen molar-refractivity contribution in [1.82, 2.24) is 4.90 Å². The van der Waals surface area contributed by atoms with Gasteiger partial charge in [0.25, 0.3) is 0 Å².